The average Bonchev–Trinajstić information content (AvgIpc) is 2.88. The van der Waals surface area contributed by atoms with Gasteiger partial charge in [0, 0.05) is 13.1 Å². The molecular formula is C29H48N3O4. The van der Waals surface area contributed by atoms with E-state index >= 15 is 0 Å². The summed E-state index contributed by atoms with van der Waals surface area (Å²) in [7, 11) is 0. The highest BCUT2D eigenvalue weighted by atomic mass is 16.5. The molecule has 0 fully saturated rings. The molecule has 36 heavy (non-hydrogen) atoms. The number of unbranched alkanes of at least 4 members (excludes halogenated alkanes) is 6. The van der Waals surface area contributed by atoms with E-state index in [0.717, 1.165) is 69.9 Å². The molecule has 203 valence electrons. The van der Waals surface area contributed by atoms with Crippen molar-refractivity contribution in [1.29, 1.82) is 0 Å². The Hall–Kier alpha value is -2.57. The summed E-state index contributed by atoms with van der Waals surface area (Å²) in [5.41, 5.74) is 0.902. The lowest BCUT2D eigenvalue weighted by molar-refractivity contribution is -0.124. The van der Waals surface area contributed by atoms with Crippen molar-refractivity contribution in [1.82, 2.24) is 16.0 Å². The van der Waals surface area contributed by atoms with Gasteiger partial charge in [-0.3, -0.25) is 9.59 Å². The smallest absolute Gasteiger partial charge is 0.408 e. The van der Waals surface area contributed by atoms with Gasteiger partial charge in [0.1, 0.15) is 12.6 Å². The molecule has 0 aromatic heterocycles. The van der Waals surface area contributed by atoms with Crippen LogP contribution in [0.2, 0.25) is 0 Å². The first-order valence-electron chi connectivity index (χ1n) is 13.7. The Morgan fingerprint density at radius 1 is 0.833 bits per heavy atom. The van der Waals surface area contributed by atoms with Gasteiger partial charge in [-0.15, -0.1) is 0 Å². The zero-order valence-corrected chi connectivity index (χ0v) is 22.8. The van der Waals surface area contributed by atoms with Gasteiger partial charge in [-0.2, -0.15) is 0 Å². The zero-order chi connectivity index (χ0) is 26.6. The first-order chi connectivity index (χ1) is 17.4. The van der Waals surface area contributed by atoms with Crippen LogP contribution in [0.1, 0.15) is 91.0 Å². The molecule has 1 aromatic rings. The highest BCUT2D eigenvalue weighted by Crippen LogP contribution is 2.10. The maximum Gasteiger partial charge on any atom is 0.408 e. The second-order valence-corrected chi connectivity index (χ2v) is 9.68. The fraction of sp³-hybridized carbons (Fsp3) is 0.655. The van der Waals surface area contributed by atoms with Crippen LogP contribution in [-0.2, 0) is 20.9 Å². The third-order valence-corrected chi connectivity index (χ3v) is 6.51. The van der Waals surface area contributed by atoms with Crippen LogP contribution >= 0.6 is 0 Å². The Labute approximate surface area is 218 Å². The summed E-state index contributed by atoms with van der Waals surface area (Å²) in [4.78, 5) is 36.7. The molecule has 3 unspecified atom stereocenters. The molecule has 3 N–H and O–H groups in total. The molecule has 0 spiro atoms. The van der Waals surface area contributed by atoms with E-state index in [4.69, 9.17) is 4.74 Å². The third-order valence-electron chi connectivity index (χ3n) is 6.51. The number of hydrogen-bond donors (Lipinski definition) is 3. The monoisotopic (exact) mass is 502 g/mol. The van der Waals surface area contributed by atoms with Crippen molar-refractivity contribution in [3.8, 4) is 0 Å². The van der Waals surface area contributed by atoms with Crippen molar-refractivity contribution in [2.24, 2.45) is 11.8 Å². The summed E-state index contributed by atoms with van der Waals surface area (Å²) >= 11 is 0. The molecule has 1 radical (unpaired) electrons. The highest BCUT2D eigenvalue weighted by molar-refractivity contribution is 5.86. The summed E-state index contributed by atoms with van der Waals surface area (Å²) in [6.45, 7) is 9.60. The predicted molar refractivity (Wildman–Crippen MR) is 145 cm³/mol. The van der Waals surface area contributed by atoms with Gasteiger partial charge in [0.05, 0.1) is 6.42 Å². The molecule has 3 atom stereocenters. The Morgan fingerprint density at radius 2 is 1.42 bits per heavy atom. The lowest BCUT2D eigenvalue weighted by Crippen LogP contribution is -2.50. The predicted octanol–water partition coefficient (Wildman–Crippen LogP) is 5.54. The van der Waals surface area contributed by atoms with E-state index in [2.05, 4.69) is 29.8 Å². The molecule has 7 nitrogen and oxygen atoms in total. The van der Waals surface area contributed by atoms with Crippen molar-refractivity contribution in [2.75, 3.05) is 13.1 Å². The molecule has 0 aliphatic heterocycles. The number of carbonyl (C=O) groups is 3. The Kier molecular flexibility index (Phi) is 17.1. The van der Waals surface area contributed by atoms with Crippen LogP contribution in [0.25, 0.3) is 0 Å². The Balaban J connectivity index is 2.13. The maximum absolute atomic E-state index is 12.7. The van der Waals surface area contributed by atoms with E-state index in [1.165, 1.54) is 0 Å². The fourth-order valence-electron chi connectivity index (χ4n) is 3.70. The average molecular weight is 503 g/mol. The molecule has 3 amide bonds. The number of benzene rings is 1. The van der Waals surface area contributed by atoms with E-state index in [9.17, 15) is 14.4 Å². The van der Waals surface area contributed by atoms with E-state index in [1.807, 2.05) is 44.2 Å². The molecule has 0 saturated heterocycles. The van der Waals surface area contributed by atoms with Crippen LogP contribution < -0.4 is 16.0 Å². The second-order valence-electron chi connectivity index (χ2n) is 9.68. The highest BCUT2D eigenvalue weighted by Gasteiger charge is 2.26. The van der Waals surface area contributed by atoms with Gasteiger partial charge >= 0.3 is 6.09 Å². The van der Waals surface area contributed by atoms with E-state index in [0.29, 0.717) is 12.5 Å². The molecule has 0 bridgehead atoms. The summed E-state index contributed by atoms with van der Waals surface area (Å²) < 4.78 is 5.29. The lowest BCUT2D eigenvalue weighted by atomic mass is 9.98. The summed E-state index contributed by atoms with van der Waals surface area (Å²) in [5.74, 6) is 0.218. The van der Waals surface area contributed by atoms with Crippen LogP contribution in [0.3, 0.4) is 0 Å². The molecule has 1 rings (SSSR count). The summed E-state index contributed by atoms with van der Waals surface area (Å²) in [6, 6.07) is 8.86. The van der Waals surface area contributed by atoms with Crippen LogP contribution in [0.5, 0.6) is 0 Å². The molecule has 1 aromatic carbocycles. The fourth-order valence-corrected chi connectivity index (χ4v) is 3.70. The summed E-state index contributed by atoms with van der Waals surface area (Å²) in [5, 5.41) is 8.67. The Bertz CT molecular complexity index is 741. The minimum absolute atomic E-state index is 0.00648. The number of rotatable bonds is 19. The van der Waals surface area contributed by atoms with Gasteiger partial charge in [-0.25, -0.2) is 4.79 Å². The topological polar surface area (TPSA) is 96.5 Å². The number of hydrogen-bond acceptors (Lipinski definition) is 4. The van der Waals surface area contributed by atoms with E-state index in [1.54, 1.807) is 6.42 Å². The number of amides is 3. The van der Waals surface area contributed by atoms with Crippen molar-refractivity contribution in [3.05, 3.63) is 42.3 Å². The normalized spacial score (nSPS) is 13.3. The van der Waals surface area contributed by atoms with E-state index in [-0.39, 0.29) is 24.3 Å². The van der Waals surface area contributed by atoms with Gasteiger partial charge in [-0.1, -0.05) is 103 Å². The van der Waals surface area contributed by atoms with Crippen molar-refractivity contribution >= 4 is 17.9 Å². The largest absolute Gasteiger partial charge is 0.445 e. The first kappa shape index (κ1) is 31.5. The van der Waals surface area contributed by atoms with Gasteiger partial charge < -0.3 is 20.7 Å². The molecule has 0 aliphatic carbocycles. The number of nitrogens with one attached hydrogen (secondary N) is 3. The van der Waals surface area contributed by atoms with Gasteiger partial charge in [0.2, 0.25) is 11.8 Å². The summed E-state index contributed by atoms with van der Waals surface area (Å²) in [6.07, 6.45) is 10.5. The standard InChI is InChI=1S/C29H48N3O4/c1-5-23(3)21-26(33)30-19-15-10-8-7-9-11-16-20-31-28(34)27(24(4)6-2)32-29(35)36-22-25-17-13-12-14-18-25/h12-14,17-18,21,23-24,27H,5-11,15-16,19-20,22H2,1-4H3,(H,30,33)(H,31,34)(H,32,35). The minimum Gasteiger partial charge on any atom is -0.445 e. The van der Waals surface area contributed by atoms with E-state index < -0.39 is 12.1 Å². The van der Waals surface area contributed by atoms with Crippen molar-refractivity contribution in [2.45, 2.75) is 98.1 Å². The quantitative estimate of drug-likeness (QED) is 0.216. The second kappa shape index (κ2) is 19.6. The van der Waals surface area contributed by atoms with Crippen molar-refractivity contribution in [3.63, 3.8) is 0 Å². The first-order valence-corrected chi connectivity index (χ1v) is 13.7. The van der Waals surface area contributed by atoms with Gasteiger partial charge in [0.25, 0.3) is 0 Å². The molecule has 0 saturated carbocycles. The molecule has 0 aliphatic rings. The van der Waals surface area contributed by atoms with Gasteiger partial charge in [0.15, 0.2) is 0 Å². The number of ether oxygens (including phenoxy) is 1. The van der Waals surface area contributed by atoms with Crippen LogP contribution in [0, 0.1) is 18.3 Å². The van der Waals surface area contributed by atoms with Crippen LogP contribution in [0.4, 0.5) is 4.79 Å². The lowest BCUT2D eigenvalue weighted by Gasteiger charge is -2.23. The van der Waals surface area contributed by atoms with Crippen LogP contribution in [-0.4, -0.2) is 37.0 Å². The number of alkyl carbamates (subject to hydrolysis) is 1. The minimum atomic E-state index is -0.610. The Morgan fingerprint density at radius 3 is 2.00 bits per heavy atom. The zero-order valence-electron chi connectivity index (χ0n) is 22.8. The maximum atomic E-state index is 12.7. The van der Waals surface area contributed by atoms with Gasteiger partial charge in [-0.05, 0) is 30.2 Å². The molecule has 7 heteroatoms. The number of carbonyl (C=O) groups excluding carboxylic acids is 3. The molecule has 0 heterocycles. The third kappa shape index (κ3) is 14.7. The SMILES string of the molecule is CCC(C)[CH]C(=O)NCCCCCCCCCNC(=O)C(NC(=O)OCc1ccccc1)C(C)CC. The molecular weight excluding hydrogens is 454 g/mol. The van der Waals surface area contributed by atoms with Crippen LogP contribution in [0.15, 0.2) is 30.3 Å². The van der Waals surface area contributed by atoms with Crippen molar-refractivity contribution < 1.29 is 19.1 Å².